The lowest BCUT2D eigenvalue weighted by molar-refractivity contribution is 0.571. The Kier molecular flexibility index (Phi) is 9.16. The Bertz CT molecular complexity index is 790. The fourth-order valence-electron chi connectivity index (χ4n) is 2.71. The number of benzene rings is 2. The summed E-state index contributed by atoms with van der Waals surface area (Å²) in [7, 11) is -3.49. The molecular formula is C21H28ClNO2S2. The minimum atomic E-state index is -3.49. The van der Waals surface area contributed by atoms with Crippen molar-refractivity contribution < 1.29 is 8.42 Å². The zero-order valence-corrected chi connectivity index (χ0v) is 18.3. The molecule has 0 amide bonds. The lowest BCUT2D eigenvalue weighted by Crippen LogP contribution is -2.30. The normalized spacial score (nSPS) is 12.9. The quantitative estimate of drug-likeness (QED) is 0.351. The van der Waals surface area contributed by atoms with Gasteiger partial charge in [0.05, 0.1) is 4.90 Å². The monoisotopic (exact) mass is 425 g/mol. The molecule has 0 aromatic heterocycles. The number of unbranched alkanes of at least 4 members (excludes halogenated alkanes) is 3. The van der Waals surface area contributed by atoms with Crippen LogP contribution in [0.5, 0.6) is 0 Å². The molecule has 0 heterocycles. The van der Waals surface area contributed by atoms with Crippen molar-refractivity contribution in [3.05, 3.63) is 59.1 Å². The molecule has 0 aliphatic rings. The van der Waals surface area contributed by atoms with Crippen molar-refractivity contribution in [3.8, 4) is 0 Å². The molecule has 27 heavy (non-hydrogen) atoms. The molecule has 2 aromatic carbocycles. The van der Waals surface area contributed by atoms with E-state index in [4.69, 9.17) is 11.6 Å². The fourth-order valence-corrected chi connectivity index (χ4v) is 5.15. The molecule has 1 unspecified atom stereocenters. The maximum atomic E-state index is 12.6. The lowest BCUT2D eigenvalue weighted by atomic mass is 10.1. The smallest absolute Gasteiger partial charge is 0.210 e. The van der Waals surface area contributed by atoms with Crippen LogP contribution in [-0.4, -0.2) is 20.2 Å². The summed E-state index contributed by atoms with van der Waals surface area (Å²) < 4.78 is 28.0. The molecule has 0 aliphatic carbocycles. The van der Waals surface area contributed by atoms with E-state index in [0.29, 0.717) is 16.5 Å². The summed E-state index contributed by atoms with van der Waals surface area (Å²) in [4.78, 5) is 1.42. The number of hydrogen-bond acceptors (Lipinski definition) is 3. The standard InChI is InChI=1S/C21H28ClNO2S2/c1-3-4-5-6-7-20(26-19-12-10-18(22)11-13-19)16-23-27(24,25)21-14-8-17(2)9-15-21/h8-15,20,23H,3-7,16H2,1-2H3. The number of sulfonamides is 1. The van der Waals surface area contributed by atoms with Gasteiger partial charge in [0.1, 0.15) is 0 Å². The third-order valence-corrected chi connectivity index (χ3v) is 7.30. The van der Waals surface area contributed by atoms with Crippen LogP contribution in [-0.2, 0) is 10.0 Å². The highest BCUT2D eigenvalue weighted by atomic mass is 35.5. The summed E-state index contributed by atoms with van der Waals surface area (Å²) in [5.41, 5.74) is 1.04. The molecular weight excluding hydrogens is 398 g/mol. The Morgan fingerprint density at radius 3 is 2.30 bits per heavy atom. The van der Waals surface area contributed by atoms with E-state index in [1.807, 2.05) is 43.3 Å². The van der Waals surface area contributed by atoms with Crippen LogP contribution >= 0.6 is 23.4 Å². The number of nitrogens with one attached hydrogen (secondary N) is 1. The zero-order chi connectivity index (χ0) is 19.7. The molecule has 1 atom stereocenters. The van der Waals surface area contributed by atoms with Gasteiger partial charge in [0, 0.05) is 21.7 Å². The molecule has 0 saturated carbocycles. The van der Waals surface area contributed by atoms with Crippen molar-refractivity contribution in [3.63, 3.8) is 0 Å². The van der Waals surface area contributed by atoms with E-state index in [2.05, 4.69) is 11.6 Å². The minimum Gasteiger partial charge on any atom is -0.210 e. The maximum Gasteiger partial charge on any atom is 0.240 e. The van der Waals surface area contributed by atoms with Gasteiger partial charge in [0.15, 0.2) is 0 Å². The summed E-state index contributed by atoms with van der Waals surface area (Å²) in [6.45, 7) is 4.55. The van der Waals surface area contributed by atoms with Gasteiger partial charge >= 0.3 is 0 Å². The van der Waals surface area contributed by atoms with E-state index in [1.54, 1.807) is 23.9 Å². The second-order valence-electron chi connectivity index (χ2n) is 6.71. The maximum absolute atomic E-state index is 12.6. The second-order valence-corrected chi connectivity index (χ2v) is 10.3. The Morgan fingerprint density at radius 2 is 1.67 bits per heavy atom. The first-order chi connectivity index (χ1) is 12.9. The summed E-state index contributed by atoms with van der Waals surface area (Å²) in [5, 5.41) is 0.891. The van der Waals surface area contributed by atoms with Crippen LogP contribution in [0.15, 0.2) is 58.3 Å². The molecule has 3 nitrogen and oxygen atoms in total. The average molecular weight is 426 g/mol. The molecule has 0 saturated heterocycles. The molecule has 148 valence electrons. The number of rotatable bonds is 11. The molecule has 0 bridgehead atoms. The largest absolute Gasteiger partial charge is 0.240 e. The van der Waals surface area contributed by atoms with Crippen LogP contribution in [0.1, 0.15) is 44.6 Å². The third-order valence-electron chi connectivity index (χ3n) is 4.33. The Hall–Kier alpha value is -1.01. The Balaban J connectivity index is 2.01. The number of thioether (sulfide) groups is 1. The molecule has 0 aliphatic heterocycles. The first kappa shape index (κ1) is 22.3. The van der Waals surface area contributed by atoms with Gasteiger partial charge in [0.2, 0.25) is 10.0 Å². The number of hydrogen-bond donors (Lipinski definition) is 1. The van der Waals surface area contributed by atoms with Crippen molar-refractivity contribution in [1.29, 1.82) is 0 Å². The summed E-state index contributed by atoms with van der Waals surface area (Å²) >= 11 is 7.67. The Labute approximate surface area is 173 Å². The van der Waals surface area contributed by atoms with Crippen molar-refractivity contribution in [1.82, 2.24) is 4.72 Å². The van der Waals surface area contributed by atoms with Gasteiger partial charge in [-0.15, -0.1) is 11.8 Å². The minimum absolute atomic E-state index is 0.184. The first-order valence-corrected chi connectivity index (χ1v) is 12.1. The van der Waals surface area contributed by atoms with E-state index in [1.165, 1.54) is 19.3 Å². The van der Waals surface area contributed by atoms with E-state index in [0.717, 1.165) is 23.3 Å². The topological polar surface area (TPSA) is 46.2 Å². The van der Waals surface area contributed by atoms with Crippen LogP contribution in [0.4, 0.5) is 0 Å². The van der Waals surface area contributed by atoms with Crippen molar-refractivity contribution in [2.24, 2.45) is 0 Å². The van der Waals surface area contributed by atoms with Crippen LogP contribution in [0.25, 0.3) is 0 Å². The molecule has 2 aromatic rings. The molecule has 0 spiro atoms. The van der Waals surface area contributed by atoms with Crippen LogP contribution < -0.4 is 4.72 Å². The van der Waals surface area contributed by atoms with E-state index >= 15 is 0 Å². The summed E-state index contributed by atoms with van der Waals surface area (Å²) in [6, 6.07) is 14.7. The van der Waals surface area contributed by atoms with E-state index in [9.17, 15) is 8.42 Å². The number of aryl methyl sites for hydroxylation is 1. The van der Waals surface area contributed by atoms with Gasteiger partial charge < -0.3 is 0 Å². The van der Waals surface area contributed by atoms with Crippen LogP contribution in [0.3, 0.4) is 0 Å². The van der Waals surface area contributed by atoms with Gasteiger partial charge in [-0.2, -0.15) is 0 Å². The average Bonchev–Trinajstić information content (AvgIpc) is 2.65. The third kappa shape index (κ3) is 7.86. The van der Waals surface area contributed by atoms with Gasteiger partial charge in [-0.1, -0.05) is 61.9 Å². The lowest BCUT2D eigenvalue weighted by Gasteiger charge is -2.18. The first-order valence-electron chi connectivity index (χ1n) is 9.39. The second kappa shape index (κ2) is 11.1. The van der Waals surface area contributed by atoms with Crippen molar-refractivity contribution >= 4 is 33.4 Å². The zero-order valence-electron chi connectivity index (χ0n) is 15.9. The van der Waals surface area contributed by atoms with Crippen molar-refractivity contribution in [2.45, 2.75) is 61.0 Å². The molecule has 2 rings (SSSR count). The van der Waals surface area contributed by atoms with E-state index in [-0.39, 0.29) is 5.25 Å². The van der Waals surface area contributed by atoms with E-state index < -0.39 is 10.0 Å². The summed E-state index contributed by atoms with van der Waals surface area (Å²) in [5.74, 6) is 0. The highest BCUT2D eigenvalue weighted by Crippen LogP contribution is 2.28. The summed E-state index contributed by atoms with van der Waals surface area (Å²) in [6.07, 6.45) is 5.66. The predicted molar refractivity (Wildman–Crippen MR) is 116 cm³/mol. The Morgan fingerprint density at radius 1 is 1.00 bits per heavy atom. The van der Waals surface area contributed by atoms with Crippen molar-refractivity contribution in [2.75, 3.05) is 6.54 Å². The van der Waals surface area contributed by atoms with Gasteiger partial charge in [-0.3, -0.25) is 0 Å². The van der Waals surface area contributed by atoms with Crippen LogP contribution in [0, 0.1) is 6.92 Å². The van der Waals surface area contributed by atoms with Gasteiger partial charge in [-0.05, 0) is 49.7 Å². The highest BCUT2D eigenvalue weighted by molar-refractivity contribution is 8.00. The molecule has 0 fully saturated rings. The molecule has 0 radical (unpaired) electrons. The number of halogens is 1. The van der Waals surface area contributed by atoms with Crippen LogP contribution in [0.2, 0.25) is 5.02 Å². The predicted octanol–water partition coefficient (Wildman–Crippen LogP) is 6.06. The van der Waals surface area contributed by atoms with Gasteiger partial charge in [0.25, 0.3) is 0 Å². The molecule has 6 heteroatoms. The van der Waals surface area contributed by atoms with Gasteiger partial charge in [-0.25, -0.2) is 13.1 Å². The SMILES string of the molecule is CCCCCCC(CNS(=O)(=O)c1ccc(C)cc1)Sc1ccc(Cl)cc1. The fraction of sp³-hybridized carbons (Fsp3) is 0.429. The highest BCUT2D eigenvalue weighted by Gasteiger charge is 2.18. The molecule has 1 N–H and O–H groups in total.